The van der Waals surface area contributed by atoms with Crippen molar-refractivity contribution < 1.29 is 19.5 Å². The Morgan fingerprint density at radius 2 is 1.83 bits per heavy atom. The fraction of sp³-hybridized carbons (Fsp3) is 0.316. The molecule has 1 aliphatic heterocycles. The molecule has 0 aromatic heterocycles. The van der Waals surface area contributed by atoms with Gasteiger partial charge in [-0.25, -0.2) is 0 Å². The Morgan fingerprint density at radius 3 is 2.54 bits per heavy atom. The summed E-state index contributed by atoms with van der Waals surface area (Å²) in [6, 6.07) is 6.29. The monoisotopic (exact) mass is 325 g/mol. The SMILES string of the molecule is CCCCCCN1C(=O)c2cccc3c(O)c(C=O)cc(c23)C1=O. The van der Waals surface area contributed by atoms with Gasteiger partial charge in [0.15, 0.2) is 6.29 Å². The van der Waals surface area contributed by atoms with Crippen molar-refractivity contribution in [2.45, 2.75) is 32.6 Å². The number of phenolic OH excluding ortho intramolecular Hbond substituents is 1. The van der Waals surface area contributed by atoms with Crippen LogP contribution in [0.25, 0.3) is 10.8 Å². The Balaban J connectivity index is 2.08. The van der Waals surface area contributed by atoms with Crippen LogP contribution in [0.4, 0.5) is 0 Å². The van der Waals surface area contributed by atoms with Gasteiger partial charge in [0.25, 0.3) is 11.8 Å². The van der Waals surface area contributed by atoms with Gasteiger partial charge in [-0.3, -0.25) is 19.3 Å². The summed E-state index contributed by atoms with van der Waals surface area (Å²) in [6.07, 6.45) is 4.37. The second kappa shape index (κ2) is 6.43. The van der Waals surface area contributed by atoms with Crippen LogP contribution in [0, 0.1) is 0 Å². The summed E-state index contributed by atoms with van der Waals surface area (Å²) in [7, 11) is 0. The molecule has 5 heteroatoms. The Bertz CT molecular complexity index is 841. The van der Waals surface area contributed by atoms with E-state index in [4.69, 9.17) is 0 Å². The second-order valence-corrected chi connectivity index (χ2v) is 6.03. The molecule has 2 aromatic carbocycles. The molecule has 3 rings (SSSR count). The number of carbonyl (C=O) groups excluding carboxylic acids is 3. The van der Waals surface area contributed by atoms with E-state index in [9.17, 15) is 19.5 Å². The lowest BCUT2D eigenvalue weighted by atomic mass is 9.91. The minimum absolute atomic E-state index is 0.0586. The highest BCUT2D eigenvalue weighted by molar-refractivity contribution is 6.26. The molecule has 2 amide bonds. The molecule has 1 N–H and O–H groups in total. The van der Waals surface area contributed by atoms with Crippen molar-refractivity contribution in [1.82, 2.24) is 4.90 Å². The Hall–Kier alpha value is -2.69. The van der Waals surface area contributed by atoms with Crippen LogP contribution < -0.4 is 0 Å². The van der Waals surface area contributed by atoms with Crippen LogP contribution >= 0.6 is 0 Å². The van der Waals surface area contributed by atoms with Crippen molar-refractivity contribution in [3.8, 4) is 5.75 Å². The van der Waals surface area contributed by atoms with E-state index in [1.54, 1.807) is 18.2 Å². The third-order valence-corrected chi connectivity index (χ3v) is 4.48. The van der Waals surface area contributed by atoms with E-state index in [1.807, 2.05) is 0 Å². The number of rotatable bonds is 6. The van der Waals surface area contributed by atoms with E-state index in [0.29, 0.717) is 34.7 Å². The molecule has 24 heavy (non-hydrogen) atoms. The molecule has 1 heterocycles. The van der Waals surface area contributed by atoms with Crippen molar-refractivity contribution >= 4 is 28.9 Å². The standard InChI is InChI=1S/C19H19NO4/c1-2-3-4-5-9-20-18(23)14-8-6-7-13-16(14)15(19(20)24)10-12(11-21)17(13)22/h6-8,10-11,22H,2-5,9H2,1H3. The van der Waals surface area contributed by atoms with Crippen LogP contribution in [0.1, 0.15) is 63.7 Å². The highest BCUT2D eigenvalue weighted by atomic mass is 16.3. The van der Waals surface area contributed by atoms with Gasteiger partial charge in [-0.1, -0.05) is 38.3 Å². The van der Waals surface area contributed by atoms with Gasteiger partial charge < -0.3 is 5.11 Å². The quantitative estimate of drug-likeness (QED) is 0.501. The number of hydrogen-bond acceptors (Lipinski definition) is 4. The lowest BCUT2D eigenvalue weighted by molar-refractivity contribution is 0.0608. The van der Waals surface area contributed by atoms with E-state index >= 15 is 0 Å². The summed E-state index contributed by atoms with van der Waals surface area (Å²) in [5, 5.41) is 11.0. The topological polar surface area (TPSA) is 74.7 Å². The Morgan fingerprint density at radius 1 is 1.08 bits per heavy atom. The summed E-state index contributed by atoms with van der Waals surface area (Å²) in [6.45, 7) is 2.46. The minimum Gasteiger partial charge on any atom is -0.507 e. The molecule has 0 fully saturated rings. The zero-order valence-electron chi connectivity index (χ0n) is 13.5. The molecule has 5 nitrogen and oxygen atoms in total. The molecule has 0 spiro atoms. The molecule has 0 saturated heterocycles. The normalized spacial score (nSPS) is 13.6. The highest BCUT2D eigenvalue weighted by Gasteiger charge is 2.33. The average molecular weight is 325 g/mol. The van der Waals surface area contributed by atoms with Gasteiger partial charge in [-0.05, 0) is 18.6 Å². The molecule has 0 aliphatic carbocycles. The van der Waals surface area contributed by atoms with Gasteiger partial charge in [-0.15, -0.1) is 0 Å². The predicted octanol–water partition coefficient (Wildman–Crippen LogP) is 3.53. The van der Waals surface area contributed by atoms with E-state index in [1.165, 1.54) is 11.0 Å². The summed E-state index contributed by atoms with van der Waals surface area (Å²) in [4.78, 5) is 37.9. The number of hydrogen-bond donors (Lipinski definition) is 1. The maximum absolute atomic E-state index is 12.8. The number of imide groups is 1. The molecule has 1 aliphatic rings. The van der Waals surface area contributed by atoms with Crippen LogP contribution in [-0.2, 0) is 0 Å². The number of benzene rings is 2. The van der Waals surface area contributed by atoms with Crippen molar-refractivity contribution in [2.24, 2.45) is 0 Å². The van der Waals surface area contributed by atoms with Gasteiger partial charge in [0.1, 0.15) is 5.75 Å². The van der Waals surface area contributed by atoms with Crippen LogP contribution in [0.5, 0.6) is 5.75 Å². The van der Waals surface area contributed by atoms with Gasteiger partial charge in [0.05, 0.1) is 5.56 Å². The fourth-order valence-corrected chi connectivity index (χ4v) is 3.21. The molecule has 0 atom stereocenters. The van der Waals surface area contributed by atoms with Crippen LogP contribution in [0.2, 0.25) is 0 Å². The largest absolute Gasteiger partial charge is 0.507 e. The van der Waals surface area contributed by atoms with Crippen LogP contribution in [-0.4, -0.2) is 34.7 Å². The first kappa shape index (κ1) is 16.2. The van der Waals surface area contributed by atoms with Crippen molar-refractivity contribution in [2.75, 3.05) is 6.54 Å². The van der Waals surface area contributed by atoms with E-state index in [2.05, 4.69) is 6.92 Å². The van der Waals surface area contributed by atoms with E-state index < -0.39 is 5.91 Å². The molecule has 0 saturated carbocycles. The van der Waals surface area contributed by atoms with Gasteiger partial charge >= 0.3 is 0 Å². The number of carbonyl (C=O) groups is 3. The summed E-state index contributed by atoms with van der Waals surface area (Å²) in [5.41, 5.74) is 0.754. The summed E-state index contributed by atoms with van der Waals surface area (Å²) >= 11 is 0. The second-order valence-electron chi connectivity index (χ2n) is 6.03. The maximum atomic E-state index is 12.8. The van der Waals surface area contributed by atoms with E-state index in [0.717, 1.165) is 25.7 Å². The predicted molar refractivity (Wildman–Crippen MR) is 90.5 cm³/mol. The van der Waals surface area contributed by atoms with Crippen molar-refractivity contribution in [3.63, 3.8) is 0 Å². The van der Waals surface area contributed by atoms with Gasteiger partial charge in [0, 0.05) is 28.4 Å². The summed E-state index contributed by atoms with van der Waals surface area (Å²) < 4.78 is 0. The third kappa shape index (κ3) is 2.46. The van der Waals surface area contributed by atoms with Crippen molar-refractivity contribution in [1.29, 1.82) is 0 Å². The number of aldehydes is 1. The first-order chi connectivity index (χ1) is 11.6. The number of unbranched alkanes of at least 4 members (excludes halogenated alkanes) is 3. The molecule has 0 radical (unpaired) electrons. The zero-order chi connectivity index (χ0) is 17.3. The first-order valence-corrected chi connectivity index (χ1v) is 8.20. The smallest absolute Gasteiger partial charge is 0.261 e. The average Bonchev–Trinajstić information content (AvgIpc) is 2.60. The highest BCUT2D eigenvalue weighted by Crippen LogP contribution is 2.37. The molecule has 124 valence electrons. The van der Waals surface area contributed by atoms with Gasteiger partial charge in [-0.2, -0.15) is 0 Å². The van der Waals surface area contributed by atoms with Crippen molar-refractivity contribution in [3.05, 3.63) is 41.0 Å². The molecule has 2 aromatic rings. The Labute approximate surface area is 139 Å². The van der Waals surface area contributed by atoms with Crippen LogP contribution in [0.15, 0.2) is 24.3 Å². The summed E-state index contributed by atoms with van der Waals surface area (Å²) in [5.74, 6) is -0.932. The number of nitrogens with zero attached hydrogens (tertiary/aromatic N) is 1. The molecular formula is C19H19NO4. The molecule has 0 unspecified atom stereocenters. The zero-order valence-corrected chi connectivity index (χ0v) is 13.5. The third-order valence-electron chi connectivity index (χ3n) is 4.48. The molecule has 0 bridgehead atoms. The number of phenols is 1. The molecular weight excluding hydrogens is 306 g/mol. The first-order valence-electron chi connectivity index (χ1n) is 8.20. The van der Waals surface area contributed by atoms with E-state index in [-0.39, 0.29) is 17.2 Å². The fourth-order valence-electron chi connectivity index (χ4n) is 3.21. The minimum atomic E-state index is -0.400. The maximum Gasteiger partial charge on any atom is 0.261 e. The van der Waals surface area contributed by atoms with Crippen LogP contribution in [0.3, 0.4) is 0 Å². The number of aromatic hydroxyl groups is 1. The lowest BCUT2D eigenvalue weighted by Crippen LogP contribution is -2.41. The number of amides is 2. The Kier molecular flexibility index (Phi) is 4.34. The lowest BCUT2D eigenvalue weighted by Gasteiger charge is -2.27. The van der Waals surface area contributed by atoms with Gasteiger partial charge in [0.2, 0.25) is 0 Å².